The summed E-state index contributed by atoms with van der Waals surface area (Å²) in [6.45, 7) is -0.384. The normalized spacial score (nSPS) is 14.5. The summed E-state index contributed by atoms with van der Waals surface area (Å²) in [6, 6.07) is 0. The lowest BCUT2D eigenvalue weighted by Gasteiger charge is -1.92. The van der Waals surface area contributed by atoms with Crippen molar-refractivity contribution in [1.82, 2.24) is 0 Å². The first kappa shape index (κ1) is 6.37. The van der Waals surface area contributed by atoms with Crippen LogP contribution >= 0.6 is 15.9 Å². The zero-order chi connectivity index (χ0) is 4.99. The number of alkyl halides is 2. The van der Waals surface area contributed by atoms with E-state index in [0.717, 1.165) is 0 Å². The molecule has 0 aromatic rings. The standard InChI is InChI=1S/C3H6BrFO/c4-1-3(5)2-6/h3,6H,1-2H2. The molecule has 0 aromatic carbocycles. The van der Waals surface area contributed by atoms with Crippen LogP contribution in [0.5, 0.6) is 0 Å². The van der Waals surface area contributed by atoms with Gasteiger partial charge >= 0.3 is 0 Å². The van der Waals surface area contributed by atoms with E-state index in [0.29, 0.717) is 0 Å². The highest BCUT2D eigenvalue weighted by molar-refractivity contribution is 9.09. The lowest BCUT2D eigenvalue weighted by atomic mass is 10.5. The van der Waals surface area contributed by atoms with E-state index in [-0.39, 0.29) is 11.9 Å². The Labute approximate surface area is 44.3 Å². The number of halogens is 2. The maximum Gasteiger partial charge on any atom is 0.133 e. The topological polar surface area (TPSA) is 20.2 Å². The summed E-state index contributed by atoms with van der Waals surface area (Å²) in [6.07, 6.45) is -1.09. The van der Waals surface area contributed by atoms with Crippen LogP contribution in [0.1, 0.15) is 0 Å². The predicted molar refractivity (Wildman–Crippen MR) is 25.8 cm³/mol. The smallest absolute Gasteiger partial charge is 0.133 e. The maximum absolute atomic E-state index is 11.6. The molecule has 0 saturated heterocycles. The van der Waals surface area contributed by atoms with Gasteiger partial charge in [0.2, 0.25) is 0 Å². The Hall–Kier alpha value is 0.370. The van der Waals surface area contributed by atoms with Gasteiger partial charge in [-0.1, -0.05) is 15.9 Å². The van der Waals surface area contributed by atoms with Crippen LogP contribution in [0.2, 0.25) is 0 Å². The van der Waals surface area contributed by atoms with Gasteiger partial charge in [-0.2, -0.15) is 0 Å². The molecule has 1 atom stereocenters. The number of rotatable bonds is 2. The molecule has 0 spiro atoms. The summed E-state index contributed by atoms with van der Waals surface area (Å²) in [5.41, 5.74) is 0. The van der Waals surface area contributed by atoms with Crippen molar-refractivity contribution in [2.24, 2.45) is 0 Å². The second-order valence-corrected chi connectivity index (χ2v) is 1.58. The molecule has 0 aliphatic rings. The van der Waals surface area contributed by atoms with Crippen LogP contribution in [-0.2, 0) is 0 Å². The average molecular weight is 157 g/mol. The molecule has 0 bridgehead atoms. The highest BCUT2D eigenvalue weighted by atomic mass is 79.9. The van der Waals surface area contributed by atoms with Gasteiger partial charge in [0.1, 0.15) is 6.17 Å². The number of aliphatic hydroxyl groups is 1. The Balaban J connectivity index is 2.75. The van der Waals surface area contributed by atoms with Gasteiger partial charge in [0.15, 0.2) is 0 Å². The Morgan fingerprint density at radius 2 is 2.33 bits per heavy atom. The highest BCUT2D eigenvalue weighted by Gasteiger charge is 1.97. The molecular weight excluding hydrogens is 151 g/mol. The molecule has 6 heavy (non-hydrogen) atoms. The van der Waals surface area contributed by atoms with Gasteiger partial charge in [-0.25, -0.2) is 4.39 Å². The molecule has 0 aromatic heterocycles. The van der Waals surface area contributed by atoms with E-state index in [4.69, 9.17) is 5.11 Å². The molecule has 0 fully saturated rings. The summed E-state index contributed by atoms with van der Waals surface area (Å²) in [5.74, 6) is 0. The van der Waals surface area contributed by atoms with Crippen molar-refractivity contribution >= 4 is 15.9 Å². The van der Waals surface area contributed by atoms with Crippen LogP contribution in [-0.4, -0.2) is 23.2 Å². The van der Waals surface area contributed by atoms with Crippen molar-refractivity contribution in [2.75, 3.05) is 11.9 Å². The van der Waals surface area contributed by atoms with Crippen LogP contribution in [0, 0.1) is 0 Å². The first-order valence-corrected chi connectivity index (χ1v) is 2.74. The lowest BCUT2D eigenvalue weighted by molar-refractivity contribution is 0.195. The van der Waals surface area contributed by atoms with Crippen molar-refractivity contribution in [3.05, 3.63) is 0 Å². The molecule has 0 radical (unpaired) electrons. The molecule has 1 nitrogen and oxygen atoms in total. The SMILES string of the molecule is OCC(F)CBr. The van der Waals surface area contributed by atoms with E-state index in [9.17, 15) is 4.39 Å². The average Bonchev–Trinajstić information content (AvgIpc) is 1.65. The third-order valence-corrected chi connectivity index (χ3v) is 1.07. The van der Waals surface area contributed by atoms with Crippen molar-refractivity contribution in [3.8, 4) is 0 Å². The molecule has 0 saturated carbocycles. The summed E-state index contributed by atoms with van der Waals surface area (Å²) in [5, 5.41) is 8.16. The van der Waals surface area contributed by atoms with Gasteiger partial charge in [0.05, 0.1) is 6.61 Å². The van der Waals surface area contributed by atoms with Crippen LogP contribution in [0.25, 0.3) is 0 Å². The minimum absolute atomic E-state index is 0.226. The Morgan fingerprint density at radius 1 is 1.83 bits per heavy atom. The fourth-order valence-electron chi connectivity index (χ4n) is 0.0488. The van der Waals surface area contributed by atoms with Gasteiger partial charge in [-0.15, -0.1) is 0 Å². The molecule has 0 aliphatic heterocycles. The van der Waals surface area contributed by atoms with Gasteiger partial charge in [0, 0.05) is 5.33 Å². The van der Waals surface area contributed by atoms with Crippen molar-refractivity contribution in [1.29, 1.82) is 0 Å². The van der Waals surface area contributed by atoms with Crippen molar-refractivity contribution in [2.45, 2.75) is 6.17 Å². The molecule has 0 heterocycles. The molecule has 1 N–H and O–H groups in total. The minimum atomic E-state index is -1.09. The van der Waals surface area contributed by atoms with Gasteiger partial charge in [-0.3, -0.25) is 0 Å². The van der Waals surface area contributed by atoms with Crippen LogP contribution in [0.3, 0.4) is 0 Å². The first-order valence-electron chi connectivity index (χ1n) is 1.62. The summed E-state index contributed by atoms with van der Waals surface area (Å²) in [7, 11) is 0. The second-order valence-electron chi connectivity index (χ2n) is 0.934. The van der Waals surface area contributed by atoms with Crippen LogP contribution in [0.4, 0.5) is 4.39 Å². The Kier molecular flexibility index (Phi) is 3.78. The molecule has 38 valence electrons. The molecular formula is C3H6BrFO. The number of hydrogen-bond acceptors (Lipinski definition) is 1. The third kappa shape index (κ3) is 2.60. The Bertz CT molecular complexity index is 30.0. The fraction of sp³-hybridized carbons (Fsp3) is 1.00. The van der Waals surface area contributed by atoms with Gasteiger partial charge in [-0.05, 0) is 0 Å². The summed E-state index contributed by atoms with van der Waals surface area (Å²) < 4.78 is 11.6. The minimum Gasteiger partial charge on any atom is -0.393 e. The summed E-state index contributed by atoms with van der Waals surface area (Å²) >= 11 is 2.84. The van der Waals surface area contributed by atoms with E-state index in [2.05, 4.69) is 15.9 Å². The van der Waals surface area contributed by atoms with Crippen molar-refractivity contribution in [3.63, 3.8) is 0 Å². The highest BCUT2D eigenvalue weighted by Crippen LogP contribution is 1.92. The zero-order valence-corrected chi connectivity index (χ0v) is 4.78. The lowest BCUT2D eigenvalue weighted by Crippen LogP contribution is -2.05. The third-order valence-electron chi connectivity index (χ3n) is 0.366. The first-order chi connectivity index (χ1) is 2.81. The monoisotopic (exact) mass is 156 g/mol. The van der Waals surface area contributed by atoms with E-state index in [1.807, 2.05) is 0 Å². The molecule has 1 unspecified atom stereocenters. The van der Waals surface area contributed by atoms with E-state index in [1.54, 1.807) is 0 Å². The predicted octanol–water partition coefficient (Wildman–Crippen LogP) is 0.712. The van der Waals surface area contributed by atoms with E-state index < -0.39 is 6.17 Å². The number of aliphatic hydroxyl groups excluding tert-OH is 1. The molecule has 0 aliphatic carbocycles. The zero-order valence-electron chi connectivity index (χ0n) is 3.19. The van der Waals surface area contributed by atoms with E-state index in [1.165, 1.54) is 0 Å². The van der Waals surface area contributed by atoms with Crippen LogP contribution < -0.4 is 0 Å². The van der Waals surface area contributed by atoms with Crippen LogP contribution in [0.15, 0.2) is 0 Å². The molecule has 3 heteroatoms. The molecule has 0 amide bonds. The second kappa shape index (κ2) is 3.56. The van der Waals surface area contributed by atoms with Crippen molar-refractivity contribution < 1.29 is 9.50 Å². The number of hydrogen-bond donors (Lipinski definition) is 1. The van der Waals surface area contributed by atoms with Gasteiger partial charge < -0.3 is 5.11 Å². The maximum atomic E-state index is 11.6. The van der Waals surface area contributed by atoms with Gasteiger partial charge in [0.25, 0.3) is 0 Å². The quantitative estimate of drug-likeness (QED) is 0.585. The molecule has 0 rings (SSSR count). The fourth-order valence-corrected chi connectivity index (χ4v) is 0.254. The van der Waals surface area contributed by atoms with E-state index >= 15 is 0 Å². The summed E-state index contributed by atoms with van der Waals surface area (Å²) in [4.78, 5) is 0. The Morgan fingerprint density at radius 3 is 2.33 bits per heavy atom. The largest absolute Gasteiger partial charge is 0.393 e.